The van der Waals surface area contributed by atoms with Gasteiger partial charge in [0.2, 0.25) is 0 Å². The largest absolute Gasteiger partial charge is 0.103 e. The molecule has 0 heterocycles. The Balaban J connectivity index is 2.25. The van der Waals surface area contributed by atoms with Crippen molar-refractivity contribution in [2.75, 3.05) is 0 Å². The van der Waals surface area contributed by atoms with Gasteiger partial charge in [-0.2, -0.15) is 0 Å². The molecule has 0 amide bonds. The fraction of sp³-hybridized carbons (Fsp3) is 0.625. The second-order valence-corrected chi connectivity index (χ2v) is 2.44. The Hall–Kier alpha value is -0.260. The lowest BCUT2D eigenvalue weighted by atomic mass is 10.0. The van der Waals surface area contributed by atoms with Gasteiger partial charge in [-0.05, 0) is 31.1 Å². The normalized spacial score (nSPS) is 22.6. The van der Waals surface area contributed by atoms with Gasteiger partial charge in [-0.1, -0.05) is 13.0 Å². The lowest BCUT2D eigenvalue weighted by molar-refractivity contribution is 0.566. The van der Waals surface area contributed by atoms with E-state index in [-0.39, 0.29) is 0 Å². The summed E-state index contributed by atoms with van der Waals surface area (Å²) >= 11 is 0. The molecule has 0 spiro atoms. The maximum atomic E-state index is 3.77. The zero-order valence-electron chi connectivity index (χ0n) is 5.43. The van der Waals surface area contributed by atoms with Crippen LogP contribution in [0.2, 0.25) is 0 Å². The minimum Gasteiger partial charge on any atom is -0.103 e. The number of hydrogen-bond acceptors (Lipinski definition) is 0. The lowest BCUT2D eigenvalue weighted by Crippen LogP contribution is -1.94. The third kappa shape index (κ3) is 1.12. The second kappa shape index (κ2) is 2.34. The van der Waals surface area contributed by atoms with Gasteiger partial charge in [0.25, 0.3) is 0 Å². The number of rotatable bonds is 3. The molecular formula is C8H13. The molecule has 0 saturated heterocycles. The van der Waals surface area contributed by atoms with Crippen LogP contribution in [0.1, 0.15) is 19.8 Å². The van der Waals surface area contributed by atoms with Crippen LogP contribution in [0.25, 0.3) is 0 Å². The van der Waals surface area contributed by atoms with Gasteiger partial charge in [0, 0.05) is 0 Å². The highest BCUT2D eigenvalue weighted by molar-refractivity contribution is 5.03. The van der Waals surface area contributed by atoms with Gasteiger partial charge in [0.15, 0.2) is 0 Å². The van der Waals surface area contributed by atoms with Crippen LogP contribution in [0.3, 0.4) is 0 Å². The summed E-state index contributed by atoms with van der Waals surface area (Å²) < 4.78 is 0. The Bertz CT molecular complexity index is 80.0. The molecule has 1 aliphatic carbocycles. The minimum absolute atomic E-state index is 0.773. The zero-order valence-corrected chi connectivity index (χ0v) is 5.43. The van der Waals surface area contributed by atoms with Crippen LogP contribution in [0.4, 0.5) is 0 Å². The highest BCUT2D eigenvalue weighted by Gasteiger charge is 2.27. The Morgan fingerprint density at radius 3 is 2.75 bits per heavy atom. The van der Waals surface area contributed by atoms with Crippen molar-refractivity contribution in [1.29, 1.82) is 0 Å². The molecule has 1 fully saturated rings. The Morgan fingerprint density at radius 2 is 2.62 bits per heavy atom. The highest BCUT2D eigenvalue weighted by atomic mass is 14.3. The zero-order chi connectivity index (χ0) is 5.98. The van der Waals surface area contributed by atoms with E-state index >= 15 is 0 Å². The summed E-state index contributed by atoms with van der Waals surface area (Å²) in [5, 5.41) is 0. The lowest BCUT2D eigenvalue weighted by Gasteiger charge is -2.04. The Morgan fingerprint density at radius 1 is 2.00 bits per heavy atom. The molecule has 1 radical (unpaired) electrons. The summed E-state index contributed by atoms with van der Waals surface area (Å²) in [6.07, 6.45) is 7.01. The van der Waals surface area contributed by atoms with E-state index in [4.69, 9.17) is 0 Å². The first-order chi connectivity index (χ1) is 3.88. The van der Waals surface area contributed by atoms with Crippen molar-refractivity contribution in [3.63, 3.8) is 0 Å². The van der Waals surface area contributed by atoms with E-state index < -0.39 is 0 Å². The molecule has 0 bridgehead atoms. The molecule has 0 aromatic carbocycles. The predicted molar refractivity (Wildman–Crippen MR) is 36.4 cm³/mol. The number of hydrogen-bond donors (Lipinski definition) is 0. The van der Waals surface area contributed by atoms with E-state index in [1.165, 1.54) is 12.8 Å². The molecule has 0 heteroatoms. The van der Waals surface area contributed by atoms with Crippen molar-refractivity contribution >= 4 is 0 Å². The molecule has 0 nitrogen and oxygen atoms in total. The first-order valence-electron chi connectivity index (χ1n) is 3.34. The van der Waals surface area contributed by atoms with E-state index in [1.54, 1.807) is 0 Å². The average Bonchev–Trinajstić information content (AvgIpc) is 2.53. The van der Waals surface area contributed by atoms with Crippen molar-refractivity contribution in [2.24, 2.45) is 11.8 Å². The van der Waals surface area contributed by atoms with Crippen molar-refractivity contribution < 1.29 is 0 Å². The van der Waals surface area contributed by atoms with Crippen LogP contribution in [0.15, 0.2) is 12.7 Å². The third-order valence-electron chi connectivity index (χ3n) is 1.83. The van der Waals surface area contributed by atoms with Gasteiger partial charge in [-0.3, -0.25) is 0 Å². The molecule has 1 rings (SSSR count). The van der Waals surface area contributed by atoms with Crippen LogP contribution in [0, 0.1) is 18.3 Å². The van der Waals surface area contributed by atoms with Crippen LogP contribution in [0.5, 0.6) is 0 Å². The average molecular weight is 109 g/mol. The predicted octanol–water partition coefficient (Wildman–Crippen LogP) is 2.42. The van der Waals surface area contributed by atoms with E-state index in [9.17, 15) is 0 Å². The summed E-state index contributed by atoms with van der Waals surface area (Å²) in [5.74, 6) is 1.66. The molecule has 1 saturated carbocycles. The fourth-order valence-corrected chi connectivity index (χ4v) is 1.07. The SMILES string of the molecule is C=CC(CC)C1[CH]C1. The topological polar surface area (TPSA) is 0 Å². The van der Waals surface area contributed by atoms with Crippen molar-refractivity contribution in [3.8, 4) is 0 Å². The van der Waals surface area contributed by atoms with Crippen LogP contribution < -0.4 is 0 Å². The van der Waals surface area contributed by atoms with Gasteiger partial charge in [-0.15, -0.1) is 6.58 Å². The quantitative estimate of drug-likeness (QED) is 0.488. The molecular weight excluding hydrogens is 96.1 g/mol. The molecule has 8 heavy (non-hydrogen) atoms. The molecule has 0 aromatic rings. The molecule has 1 aliphatic rings. The summed E-state index contributed by atoms with van der Waals surface area (Å²) in [5.41, 5.74) is 0. The molecule has 0 aliphatic heterocycles. The minimum atomic E-state index is 0.773. The molecule has 2 unspecified atom stereocenters. The summed E-state index contributed by atoms with van der Waals surface area (Å²) in [6.45, 7) is 5.99. The van der Waals surface area contributed by atoms with Gasteiger partial charge in [0.05, 0.1) is 0 Å². The first kappa shape index (κ1) is 5.87. The highest BCUT2D eigenvalue weighted by Crippen LogP contribution is 2.37. The number of allylic oxidation sites excluding steroid dienone is 1. The monoisotopic (exact) mass is 109 g/mol. The maximum Gasteiger partial charge on any atom is -0.0208 e. The first-order valence-corrected chi connectivity index (χ1v) is 3.34. The maximum absolute atomic E-state index is 3.77. The van der Waals surface area contributed by atoms with Gasteiger partial charge in [-0.25, -0.2) is 0 Å². The fourth-order valence-electron chi connectivity index (χ4n) is 1.07. The van der Waals surface area contributed by atoms with Crippen molar-refractivity contribution in [1.82, 2.24) is 0 Å². The third-order valence-corrected chi connectivity index (χ3v) is 1.83. The summed E-state index contributed by atoms with van der Waals surface area (Å²) in [4.78, 5) is 0. The van der Waals surface area contributed by atoms with Crippen molar-refractivity contribution in [2.45, 2.75) is 19.8 Å². The van der Waals surface area contributed by atoms with Gasteiger partial charge < -0.3 is 0 Å². The summed E-state index contributed by atoms with van der Waals surface area (Å²) in [7, 11) is 0. The van der Waals surface area contributed by atoms with Crippen LogP contribution in [-0.4, -0.2) is 0 Å². The van der Waals surface area contributed by atoms with E-state index in [0.29, 0.717) is 0 Å². The van der Waals surface area contributed by atoms with Gasteiger partial charge >= 0.3 is 0 Å². The molecule has 45 valence electrons. The van der Waals surface area contributed by atoms with E-state index in [1.807, 2.05) is 0 Å². The molecule has 0 N–H and O–H groups in total. The standard InChI is InChI=1S/C8H13/c1-3-7(4-2)8-5-6-8/h3,5,7-8H,1,4,6H2,2H3. The Kier molecular flexibility index (Phi) is 1.72. The molecule has 2 atom stereocenters. The molecule has 0 aromatic heterocycles. The van der Waals surface area contributed by atoms with Gasteiger partial charge in [0.1, 0.15) is 0 Å². The second-order valence-electron chi connectivity index (χ2n) is 2.44. The Labute approximate surface area is 51.6 Å². The van der Waals surface area contributed by atoms with Crippen LogP contribution in [-0.2, 0) is 0 Å². The van der Waals surface area contributed by atoms with E-state index in [2.05, 4.69) is 26.0 Å². The summed E-state index contributed by atoms with van der Waals surface area (Å²) in [6, 6.07) is 0. The smallest absolute Gasteiger partial charge is 0.0208 e. The van der Waals surface area contributed by atoms with Crippen molar-refractivity contribution in [3.05, 3.63) is 19.1 Å². The van der Waals surface area contributed by atoms with Crippen LogP contribution >= 0.6 is 0 Å². The van der Waals surface area contributed by atoms with E-state index in [0.717, 1.165) is 11.8 Å².